The second-order valence-electron chi connectivity index (χ2n) is 3.78. The molecule has 0 aliphatic rings. The van der Waals surface area contributed by atoms with Crippen LogP contribution in [0.15, 0.2) is 23.1 Å². The number of aromatic carboxylic acids is 1. The zero-order valence-electron chi connectivity index (χ0n) is 9.88. The molecule has 1 N–H and O–H groups in total. The fourth-order valence-corrected chi connectivity index (χ4v) is 2.92. The third-order valence-electron chi connectivity index (χ3n) is 2.37. The Balaban J connectivity index is 3.14. The van der Waals surface area contributed by atoms with Crippen LogP contribution in [0.4, 0.5) is 4.39 Å². The smallest absolute Gasteiger partial charge is 0.335 e. The molecule has 1 atom stereocenters. The Morgan fingerprint density at radius 1 is 1.50 bits per heavy atom. The van der Waals surface area contributed by atoms with Crippen molar-refractivity contribution in [1.29, 1.82) is 0 Å². The molecule has 0 radical (unpaired) electrons. The van der Waals surface area contributed by atoms with Gasteiger partial charge in [-0.1, -0.05) is 0 Å². The van der Waals surface area contributed by atoms with Crippen LogP contribution in [0.1, 0.15) is 17.3 Å². The van der Waals surface area contributed by atoms with E-state index in [9.17, 15) is 17.6 Å². The molecule has 18 heavy (non-hydrogen) atoms. The van der Waals surface area contributed by atoms with E-state index in [4.69, 9.17) is 9.84 Å². The first-order valence-electron chi connectivity index (χ1n) is 5.06. The Morgan fingerprint density at radius 3 is 2.56 bits per heavy atom. The Hall–Kier alpha value is -1.47. The summed E-state index contributed by atoms with van der Waals surface area (Å²) in [6, 6.07) is 2.69. The average molecular weight is 276 g/mol. The van der Waals surface area contributed by atoms with Gasteiger partial charge in [-0.05, 0) is 25.1 Å². The fraction of sp³-hybridized carbons (Fsp3) is 0.364. The van der Waals surface area contributed by atoms with Gasteiger partial charge in [0.25, 0.3) is 0 Å². The first-order chi connectivity index (χ1) is 8.27. The standard InChI is InChI=1S/C11H13FO5S/c1-7(17-2)6-18(15,16)10-4-3-8(11(13)14)5-9(10)12/h3-5,7H,6H2,1-2H3,(H,13,14). The summed E-state index contributed by atoms with van der Waals surface area (Å²) in [6.45, 7) is 1.54. The van der Waals surface area contributed by atoms with Crippen LogP contribution in [0.25, 0.3) is 0 Å². The maximum atomic E-state index is 13.6. The average Bonchev–Trinajstić information content (AvgIpc) is 2.27. The molecule has 0 bridgehead atoms. The molecule has 0 spiro atoms. The number of rotatable bonds is 5. The van der Waals surface area contributed by atoms with E-state index in [1.54, 1.807) is 6.92 Å². The maximum absolute atomic E-state index is 13.6. The van der Waals surface area contributed by atoms with E-state index in [-0.39, 0.29) is 11.3 Å². The van der Waals surface area contributed by atoms with Crippen LogP contribution in [0.2, 0.25) is 0 Å². The lowest BCUT2D eigenvalue weighted by Gasteiger charge is -2.11. The molecule has 1 aromatic rings. The molecule has 0 fully saturated rings. The molecular formula is C11H13FO5S. The summed E-state index contributed by atoms with van der Waals surface area (Å²) < 4.78 is 42.1. The Bertz CT molecular complexity index is 553. The number of hydrogen-bond donors (Lipinski definition) is 1. The van der Waals surface area contributed by atoms with Gasteiger partial charge in [-0.15, -0.1) is 0 Å². The van der Waals surface area contributed by atoms with Crippen LogP contribution in [0.5, 0.6) is 0 Å². The third-order valence-corrected chi connectivity index (χ3v) is 4.28. The van der Waals surface area contributed by atoms with Crippen LogP contribution >= 0.6 is 0 Å². The van der Waals surface area contributed by atoms with Crippen LogP contribution < -0.4 is 0 Å². The number of hydrogen-bond acceptors (Lipinski definition) is 4. The van der Waals surface area contributed by atoms with E-state index in [2.05, 4.69) is 0 Å². The van der Waals surface area contributed by atoms with Gasteiger partial charge in [0.05, 0.1) is 17.4 Å². The summed E-state index contributed by atoms with van der Waals surface area (Å²) in [5.41, 5.74) is -0.300. The lowest BCUT2D eigenvalue weighted by molar-refractivity contribution is 0.0696. The van der Waals surface area contributed by atoms with Crippen LogP contribution in [-0.4, -0.2) is 38.5 Å². The normalized spacial score (nSPS) is 13.3. The molecule has 0 aliphatic carbocycles. The maximum Gasteiger partial charge on any atom is 0.335 e. The number of carboxylic acids is 1. The summed E-state index contributed by atoms with van der Waals surface area (Å²) in [6.07, 6.45) is -0.575. The van der Waals surface area contributed by atoms with Crippen molar-refractivity contribution in [1.82, 2.24) is 0 Å². The third kappa shape index (κ3) is 3.27. The zero-order valence-corrected chi connectivity index (χ0v) is 10.7. The van der Waals surface area contributed by atoms with Crippen molar-refractivity contribution in [3.05, 3.63) is 29.6 Å². The van der Waals surface area contributed by atoms with E-state index in [1.165, 1.54) is 7.11 Å². The lowest BCUT2D eigenvalue weighted by Crippen LogP contribution is -2.21. The first kappa shape index (κ1) is 14.6. The van der Waals surface area contributed by atoms with Crippen molar-refractivity contribution < 1.29 is 27.4 Å². The van der Waals surface area contributed by atoms with Gasteiger partial charge >= 0.3 is 5.97 Å². The van der Waals surface area contributed by atoms with Gasteiger partial charge in [-0.3, -0.25) is 0 Å². The van der Waals surface area contributed by atoms with E-state index in [0.29, 0.717) is 6.07 Å². The molecule has 7 heteroatoms. The second kappa shape index (κ2) is 5.45. The number of carboxylic acid groups (broad SMARTS) is 1. The van der Waals surface area contributed by atoms with Crippen LogP contribution in [0, 0.1) is 5.82 Å². The second-order valence-corrected chi connectivity index (χ2v) is 5.78. The minimum Gasteiger partial charge on any atom is -0.478 e. The molecule has 100 valence electrons. The van der Waals surface area contributed by atoms with Crippen LogP contribution in [-0.2, 0) is 14.6 Å². The minimum atomic E-state index is -3.84. The van der Waals surface area contributed by atoms with Crippen molar-refractivity contribution in [2.24, 2.45) is 0 Å². The quantitative estimate of drug-likeness (QED) is 0.877. The van der Waals surface area contributed by atoms with Crippen molar-refractivity contribution >= 4 is 15.8 Å². The highest BCUT2D eigenvalue weighted by Crippen LogP contribution is 2.18. The summed E-state index contributed by atoms with van der Waals surface area (Å²) in [7, 11) is -2.49. The van der Waals surface area contributed by atoms with E-state index in [1.807, 2.05) is 0 Å². The van der Waals surface area contributed by atoms with Gasteiger partial charge in [-0.25, -0.2) is 17.6 Å². The van der Waals surface area contributed by atoms with Gasteiger partial charge in [0, 0.05) is 7.11 Å². The molecular weight excluding hydrogens is 263 g/mol. The molecule has 0 saturated heterocycles. The minimum absolute atomic E-state index is 0.300. The predicted octanol–water partition coefficient (Wildman–Crippen LogP) is 1.33. The molecule has 0 heterocycles. The summed E-state index contributed by atoms with van der Waals surface area (Å²) in [5.74, 6) is -2.76. The number of carbonyl (C=O) groups is 1. The number of methoxy groups -OCH3 is 1. The molecule has 0 aromatic heterocycles. The number of ether oxygens (including phenoxy) is 1. The van der Waals surface area contributed by atoms with Gasteiger partial charge in [0.1, 0.15) is 10.7 Å². The van der Waals surface area contributed by atoms with Gasteiger partial charge in [0.2, 0.25) is 0 Å². The van der Waals surface area contributed by atoms with Crippen molar-refractivity contribution in [3.8, 4) is 0 Å². The highest BCUT2D eigenvalue weighted by molar-refractivity contribution is 7.91. The molecule has 5 nitrogen and oxygen atoms in total. The van der Waals surface area contributed by atoms with Gasteiger partial charge < -0.3 is 9.84 Å². The number of benzene rings is 1. The van der Waals surface area contributed by atoms with Crippen molar-refractivity contribution in [3.63, 3.8) is 0 Å². The predicted molar refractivity (Wildman–Crippen MR) is 61.9 cm³/mol. The Kier molecular flexibility index (Phi) is 4.42. The zero-order chi connectivity index (χ0) is 13.9. The highest BCUT2D eigenvalue weighted by atomic mass is 32.2. The lowest BCUT2D eigenvalue weighted by atomic mass is 10.2. The Morgan fingerprint density at radius 2 is 2.11 bits per heavy atom. The fourth-order valence-electron chi connectivity index (χ4n) is 1.35. The molecule has 1 unspecified atom stereocenters. The topological polar surface area (TPSA) is 80.7 Å². The molecule has 0 aliphatic heterocycles. The number of halogens is 1. The molecule has 0 amide bonds. The Labute approximate surface area is 104 Å². The van der Waals surface area contributed by atoms with Crippen LogP contribution in [0.3, 0.4) is 0 Å². The summed E-state index contributed by atoms with van der Waals surface area (Å²) >= 11 is 0. The highest BCUT2D eigenvalue weighted by Gasteiger charge is 2.23. The van der Waals surface area contributed by atoms with E-state index >= 15 is 0 Å². The van der Waals surface area contributed by atoms with Crippen molar-refractivity contribution in [2.75, 3.05) is 12.9 Å². The monoisotopic (exact) mass is 276 g/mol. The summed E-state index contributed by atoms with van der Waals surface area (Å²) in [5, 5.41) is 8.65. The van der Waals surface area contributed by atoms with Gasteiger partial charge in [0.15, 0.2) is 9.84 Å². The largest absolute Gasteiger partial charge is 0.478 e. The van der Waals surface area contributed by atoms with Gasteiger partial charge in [-0.2, -0.15) is 0 Å². The van der Waals surface area contributed by atoms with E-state index in [0.717, 1.165) is 12.1 Å². The first-order valence-corrected chi connectivity index (χ1v) is 6.71. The summed E-state index contributed by atoms with van der Waals surface area (Å²) in [4.78, 5) is 10.1. The van der Waals surface area contributed by atoms with Crippen molar-refractivity contribution in [2.45, 2.75) is 17.9 Å². The molecule has 0 saturated carbocycles. The van der Waals surface area contributed by atoms with E-state index < -0.39 is 32.6 Å². The molecule has 1 rings (SSSR count). The molecule has 1 aromatic carbocycles. The number of sulfone groups is 1. The SMILES string of the molecule is COC(C)CS(=O)(=O)c1ccc(C(=O)O)cc1F.